The molecule has 0 amide bonds. The summed E-state index contributed by atoms with van der Waals surface area (Å²) < 4.78 is 5.51. The molecule has 1 heterocycles. The summed E-state index contributed by atoms with van der Waals surface area (Å²) in [6, 6.07) is 7.94. The first-order valence-electron chi connectivity index (χ1n) is 8.31. The van der Waals surface area contributed by atoms with E-state index in [-0.39, 0.29) is 5.63 Å². The second-order valence-corrected chi connectivity index (χ2v) is 5.76. The highest BCUT2D eigenvalue weighted by Crippen LogP contribution is 2.23. The van der Waals surface area contributed by atoms with Gasteiger partial charge in [0.05, 0.1) is 0 Å². The summed E-state index contributed by atoms with van der Waals surface area (Å²) in [4.78, 5) is 12.3. The maximum Gasteiger partial charge on any atom is 0.339 e. The van der Waals surface area contributed by atoms with Gasteiger partial charge < -0.3 is 4.42 Å². The van der Waals surface area contributed by atoms with E-state index in [1.54, 1.807) is 0 Å². The Bertz CT molecular complexity index is 625. The van der Waals surface area contributed by atoms with Gasteiger partial charge >= 0.3 is 5.63 Å². The van der Waals surface area contributed by atoms with Gasteiger partial charge in [-0.3, -0.25) is 0 Å². The third-order valence-electron chi connectivity index (χ3n) is 4.09. The summed E-state index contributed by atoms with van der Waals surface area (Å²) in [5.74, 6) is 0. The second kappa shape index (κ2) is 8.02. The minimum atomic E-state index is -0.128. The monoisotopic (exact) mass is 286 g/mol. The minimum absolute atomic E-state index is 0.128. The van der Waals surface area contributed by atoms with Crippen LogP contribution in [0.2, 0.25) is 0 Å². The Morgan fingerprint density at radius 2 is 1.48 bits per heavy atom. The molecule has 2 nitrogen and oxygen atoms in total. The molecule has 2 rings (SSSR count). The Balaban J connectivity index is 2.40. The van der Waals surface area contributed by atoms with Gasteiger partial charge in [-0.2, -0.15) is 0 Å². The van der Waals surface area contributed by atoms with E-state index in [2.05, 4.69) is 19.9 Å². The van der Waals surface area contributed by atoms with Gasteiger partial charge in [-0.1, -0.05) is 57.7 Å². The number of benzene rings is 1. The first-order chi connectivity index (χ1) is 10.3. The first kappa shape index (κ1) is 15.8. The number of para-hydroxylation sites is 1. The largest absolute Gasteiger partial charge is 0.423 e. The summed E-state index contributed by atoms with van der Waals surface area (Å²) in [6.07, 6.45) is 8.80. The standard InChI is InChI=1S/C19H26O2/c1-3-5-7-11-15-16-12-9-10-14-18(16)21-19(20)17(15)13-8-6-4-2/h9-10,12,14H,3-8,11,13H2,1-2H3. The van der Waals surface area contributed by atoms with Crippen LogP contribution in [0.3, 0.4) is 0 Å². The molecule has 0 aliphatic heterocycles. The minimum Gasteiger partial charge on any atom is -0.423 e. The summed E-state index contributed by atoms with van der Waals surface area (Å²) in [6.45, 7) is 4.39. The Morgan fingerprint density at radius 1 is 0.857 bits per heavy atom. The Hall–Kier alpha value is -1.57. The van der Waals surface area contributed by atoms with Crippen LogP contribution in [0.1, 0.15) is 63.5 Å². The number of aryl methyl sites for hydroxylation is 1. The molecule has 2 heteroatoms. The lowest BCUT2D eigenvalue weighted by molar-refractivity contribution is 0.541. The van der Waals surface area contributed by atoms with Gasteiger partial charge in [0, 0.05) is 10.9 Å². The van der Waals surface area contributed by atoms with Gasteiger partial charge in [0.1, 0.15) is 5.58 Å². The molecule has 0 saturated heterocycles. The van der Waals surface area contributed by atoms with Crippen molar-refractivity contribution in [1.82, 2.24) is 0 Å². The normalized spacial score (nSPS) is 11.1. The van der Waals surface area contributed by atoms with Crippen molar-refractivity contribution in [1.29, 1.82) is 0 Å². The van der Waals surface area contributed by atoms with Gasteiger partial charge in [0.2, 0.25) is 0 Å². The molecule has 1 aromatic heterocycles. The van der Waals surface area contributed by atoms with Crippen LogP contribution in [0.5, 0.6) is 0 Å². The molecule has 0 N–H and O–H groups in total. The van der Waals surface area contributed by atoms with Crippen molar-refractivity contribution in [2.24, 2.45) is 0 Å². The molecule has 114 valence electrons. The van der Waals surface area contributed by atoms with Crippen molar-refractivity contribution in [3.05, 3.63) is 45.8 Å². The van der Waals surface area contributed by atoms with E-state index in [9.17, 15) is 4.79 Å². The summed E-state index contributed by atoms with van der Waals surface area (Å²) >= 11 is 0. The average Bonchev–Trinajstić information content (AvgIpc) is 2.49. The molecule has 0 atom stereocenters. The molecule has 0 bridgehead atoms. The SMILES string of the molecule is CCCCCc1c(CCCCC)c2ccccc2oc1=O. The van der Waals surface area contributed by atoms with Crippen molar-refractivity contribution >= 4 is 11.0 Å². The maximum atomic E-state index is 12.3. The molecule has 0 aliphatic rings. The molecule has 0 saturated carbocycles. The lowest BCUT2D eigenvalue weighted by Gasteiger charge is -2.11. The number of hydrogen-bond acceptors (Lipinski definition) is 2. The number of unbranched alkanes of at least 4 members (excludes halogenated alkanes) is 4. The summed E-state index contributed by atoms with van der Waals surface area (Å²) in [5.41, 5.74) is 2.74. The molecule has 0 radical (unpaired) electrons. The summed E-state index contributed by atoms with van der Waals surface area (Å²) in [7, 11) is 0. The molecule has 0 fully saturated rings. The van der Waals surface area contributed by atoms with E-state index < -0.39 is 0 Å². The maximum absolute atomic E-state index is 12.3. The predicted molar refractivity (Wildman–Crippen MR) is 88.9 cm³/mol. The van der Waals surface area contributed by atoms with Crippen LogP contribution in [0, 0.1) is 0 Å². The van der Waals surface area contributed by atoms with E-state index >= 15 is 0 Å². The zero-order valence-corrected chi connectivity index (χ0v) is 13.3. The van der Waals surface area contributed by atoms with Crippen LogP contribution in [-0.4, -0.2) is 0 Å². The molecule has 0 aliphatic carbocycles. The van der Waals surface area contributed by atoms with E-state index in [0.717, 1.165) is 42.2 Å². The summed E-state index contributed by atoms with van der Waals surface area (Å²) in [5, 5.41) is 1.12. The van der Waals surface area contributed by atoms with Crippen molar-refractivity contribution in [3.8, 4) is 0 Å². The van der Waals surface area contributed by atoms with Gasteiger partial charge in [-0.05, 0) is 37.3 Å². The number of fused-ring (bicyclic) bond motifs is 1. The molecule has 2 aromatic rings. The molecular weight excluding hydrogens is 260 g/mol. The molecule has 0 spiro atoms. The smallest absolute Gasteiger partial charge is 0.339 e. The van der Waals surface area contributed by atoms with Gasteiger partial charge in [-0.15, -0.1) is 0 Å². The van der Waals surface area contributed by atoms with Crippen molar-refractivity contribution in [2.45, 2.75) is 65.2 Å². The van der Waals surface area contributed by atoms with Crippen LogP contribution in [0.25, 0.3) is 11.0 Å². The predicted octanol–water partition coefficient (Wildman–Crippen LogP) is 5.26. The number of rotatable bonds is 8. The highest BCUT2D eigenvalue weighted by atomic mass is 16.4. The van der Waals surface area contributed by atoms with Crippen LogP contribution in [0.15, 0.2) is 33.5 Å². The Kier molecular flexibility index (Phi) is 6.04. The molecule has 0 unspecified atom stereocenters. The van der Waals surface area contributed by atoms with E-state index in [1.165, 1.54) is 31.2 Å². The first-order valence-corrected chi connectivity index (χ1v) is 8.31. The van der Waals surface area contributed by atoms with Crippen LogP contribution in [0.4, 0.5) is 0 Å². The highest BCUT2D eigenvalue weighted by molar-refractivity contribution is 5.81. The fourth-order valence-corrected chi connectivity index (χ4v) is 2.89. The van der Waals surface area contributed by atoms with E-state index in [1.807, 2.05) is 18.2 Å². The molecular formula is C19H26O2. The highest BCUT2D eigenvalue weighted by Gasteiger charge is 2.13. The van der Waals surface area contributed by atoms with Crippen LogP contribution < -0.4 is 5.63 Å². The van der Waals surface area contributed by atoms with Crippen molar-refractivity contribution in [2.75, 3.05) is 0 Å². The Morgan fingerprint density at radius 3 is 2.14 bits per heavy atom. The average molecular weight is 286 g/mol. The Labute approximate surface area is 127 Å². The van der Waals surface area contributed by atoms with Gasteiger partial charge in [-0.25, -0.2) is 4.79 Å². The third kappa shape index (κ3) is 3.96. The lowest BCUT2D eigenvalue weighted by Crippen LogP contribution is -2.12. The van der Waals surface area contributed by atoms with E-state index in [0.29, 0.717) is 0 Å². The number of hydrogen-bond donors (Lipinski definition) is 0. The zero-order chi connectivity index (χ0) is 15.1. The molecule has 1 aromatic carbocycles. The van der Waals surface area contributed by atoms with Crippen molar-refractivity contribution in [3.63, 3.8) is 0 Å². The van der Waals surface area contributed by atoms with Crippen LogP contribution >= 0.6 is 0 Å². The lowest BCUT2D eigenvalue weighted by atomic mass is 9.95. The topological polar surface area (TPSA) is 30.2 Å². The van der Waals surface area contributed by atoms with Gasteiger partial charge in [0.15, 0.2) is 0 Å². The quantitative estimate of drug-likeness (QED) is 0.489. The molecule has 21 heavy (non-hydrogen) atoms. The fraction of sp³-hybridized carbons (Fsp3) is 0.526. The fourth-order valence-electron chi connectivity index (χ4n) is 2.89. The van der Waals surface area contributed by atoms with E-state index in [4.69, 9.17) is 4.42 Å². The van der Waals surface area contributed by atoms with Crippen molar-refractivity contribution < 1.29 is 4.42 Å². The van der Waals surface area contributed by atoms with Gasteiger partial charge in [0.25, 0.3) is 0 Å². The third-order valence-corrected chi connectivity index (χ3v) is 4.09. The second-order valence-electron chi connectivity index (χ2n) is 5.76. The zero-order valence-electron chi connectivity index (χ0n) is 13.3. The van der Waals surface area contributed by atoms with Crippen LogP contribution in [-0.2, 0) is 12.8 Å².